The molecule has 0 aliphatic carbocycles. The van der Waals surface area contributed by atoms with Gasteiger partial charge >= 0.3 is 0 Å². The Balaban J connectivity index is 2.20. The standard InChI is InChI=1S/C20H21ClFN3O2/c1-3-20(2,19(23)26)18-17(24-16-9-6-14(21)12-25(16)18)13-4-7-15(8-5-13)27-11-10-22/h4-9,12H,3,10-11H2,1-2H3,(H2,23,26). The molecule has 5 nitrogen and oxygen atoms in total. The van der Waals surface area contributed by atoms with E-state index in [1.807, 2.05) is 30.4 Å². The van der Waals surface area contributed by atoms with Crippen molar-refractivity contribution in [1.29, 1.82) is 0 Å². The van der Waals surface area contributed by atoms with Crippen LogP contribution in [0.15, 0.2) is 42.6 Å². The molecule has 27 heavy (non-hydrogen) atoms. The van der Waals surface area contributed by atoms with Crippen molar-refractivity contribution in [1.82, 2.24) is 9.38 Å². The summed E-state index contributed by atoms with van der Waals surface area (Å²) in [7, 11) is 0. The van der Waals surface area contributed by atoms with Crippen molar-refractivity contribution in [3.8, 4) is 17.0 Å². The van der Waals surface area contributed by atoms with Crippen molar-refractivity contribution in [3.63, 3.8) is 0 Å². The van der Waals surface area contributed by atoms with Crippen molar-refractivity contribution in [3.05, 3.63) is 53.3 Å². The number of nitrogens with zero attached hydrogens (tertiary/aromatic N) is 2. The first-order valence-electron chi connectivity index (χ1n) is 8.68. The molecular formula is C20H21ClFN3O2. The number of aromatic nitrogens is 2. The topological polar surface area (TPSA) is 69.6 Å². The zero-order valence-corrected chi connectivity index (χ0v) is 16.0. The number of nitrogens with two attached hydrogens (primary N) is 1. The number of primary amides is 1. The van der Waals surface area contributed by atoms with Gasteiger partial charge in [-0.25, -0.2) is 9.37 Å². The predicted molar refractivity (Wildman–Crippen MR) is 104 cm³/mol. The van der Waals surface area contributed by atoms with Crippen LogP contribution in [0.2, 0.25) is 5.02 Å². The van der Waals surface area contributed by atoms with E-state index in [0.29, 0.717) is 34.2 Å². The van der Waals surface area contributed by atoms with Crippen molar-refractivity contribution in [2.75, 3.05) is 13.3 Å². The summed E-state index contributed by atoms with van der Waals surface area (Å²) in [6, 6.07) is 10.7. The molecule has 0 aliphatic heterocycles. The van der Waals surface area contributed by atoms with E-state index < -0.39 is 18.0 Å². The second-order valence-corrected chi connectivity index (χ2v) is 6.93. The molecule has 0 aliphatic rings. The number of ether oxygens (including phenoxy) is 1. The van der Waals surface area contributed by atoms with Gasteiger partial charge in [-0.15, -0.1) is 0 Å². The molecule has 1 unspecified atom stereocenters. The van der Waals surface area contributed by atoms with Crippen LogP contribution in [-0.4, -0.2) is 28.6 Å². The highest BCUT2D eigenvalue weighted by atomic mass is 35.5. The molecular weight excluding hydrogens is 369 g/mol. The molecule has 0 saturated heterocycles. The largest absolute Gasteiger partial charge is 0.491 e. The van der Waals surface area contributed by atoms with Gasteiger partial charge in [0.25, 0.3) is 0 Å². The van der Waals surface area contributed by atoms with E-state index in [0.717, 1.165) is 5.56 Å². The number of carbonyl (C=O) groups is 1. The fourth-order valence-electron chi connectivity index (χ4n) is 3.07. The maximum Gasteiger partial charge on any atom is 0.229 e. The molecule has 3 aromatic rings. The van der Waals surface area contributed by atoms with Gasteiger partial charge in [-0.05, 0) is 49.7 Å². The zero-order valence-electron chi connectivity index (χ0n) is 15.2. The summed E-state index contributed by atoms with van der Waals surface area (Å²) in [5.41, 5.74) is 7.64. The van der Waals surface area contributed by atoms with Gasteiger partial charge in [0.1, 0.15) is 24.7 Å². The number of rotatable bonds is 7. The van der Waals surface area contributed by atoms with E-state index in [-0.39, 0.29) is 6.61 Å². The Hall–Kier alpha value is -2.60. The monoisotopic (exact) mass is 389 g/mol. The number of imidazole rings is 1. The van der Waals surface area contributed by atoms with Crippen LogP contribution in [0.4, 0.5) is 4.39 Å². The van der Waals surface area contributed by atoms with E-state index in [1.165, 1.54) is 0 Å². The van der Waals surface area contributed by atoms with Gasteiger partial charge in [0.15, 0.2) is 0 Å². The first kappa shape index (κ1) is 19.2. The molecule has 0 bridgehead atoms. The second kappa shape index (κ2) is 7.56. The molecule has 7 heteroatoms. The smallest absolute Gasteiger partial charge is 0.229 e. The number of hydrogen-bond acceptors (Lipinski definition) is 3. The lowest BCUT2D eigenvalue weighted by Gasteiger charge is -2.25. The lowest BCUT2D eigenvalue weighted by atomic mass is 9.81. The predicted octanol–water partition coefficient (Wildman–Crippen LogP) is 4.16. The molecule has 2 N–H and O–H groups in total. The maximum atomic E-state index is 12.3. The van der Waals surface area contributed by atoms with Crippen LogP contribution in [0.5, 0.6) is 5.75 Å². The molecule has 142 valence electrons. The Bertz CT molecular complexity index is 971. The van der Waals surface area contributed by atoms with Crippen LogP contribution < -0.4 is 10.5 Å². The molecule has 1 atom stereocenters. The second-order valence-electron chi connectivity index (χ2n) is 6.50. The number of carbonyl (C=O) groups excluding carboxylic acids is 1. The van der Waals surface area contributed by atoms with Crippen molar-refractivity contribution < 1.29 is 13.9 Å². The van der Waals surface area contributed by atoms with Crippen LogP contribution in [-0.2, 0) is 10.2 Å². The lowest BCUT2D eigenvalue weighted by molar-refractivity contribution is -0.123. The summed E-state index contributed by atoms with van der Waals surface area (Å²) >= 11 is 6.18. The minimum Gasteiger partial charge on any atom is -0.491 e. The lowest BCUT2D eigenvalue weighted by Crippen LogP contribution is -2.39. The first-order valence-corrected chi connectivity index (χ1v) is 9.05. The number of hydrogen-bond donors (Lipinski definition) is 1. The molecule has 0 fully saturated rings. The molecule has 1 aromatic carbocycles. The summed E-state index contributed by atoms with van der Waals surface area (Å²) in [6.45, 7) is 3.17. The summed E-state index contributed by atoms with van der Waals surface area (Å²) in [4.78, 5) is 17.0. The van der Waals surface area contributed by atoms with Crippen LogP contribution in [0, 0.1) is 0 Å². The minimum absolute atomic E-state index is 0.00699. The number of halogens is 2. The number of alkyl halides is 1. The van der Waals surface area contributed by atoms with Crippen molar-refractivity contribution >= 4 is 23.2 Å². The van der Waals surface area contributed by atoms with Crippen molar-refractivity contribution in [2.45, 2.75) is 25.7 Å². The number of amides is 1. The van der Waals surface area contributed by atoms with Gasteiger partial charge in [0.2, 0.25) is 5.91 Å². The van der Waals surface area contributed by atoms with Gasteiger partial charge in [0, 0.05) is 11.8 Å². The maximum absolute atomic E-state index is 12.3. The third kappa shape index (κ3) is 3.49. The first-order chi connectivity index (χ1) is 12.9. The molecule has 0 spiro atoms. The summed E-state index contributed by atoms with van der Waals surface area (Å²) in [6.07, 6.45) is 2.24. The Morgan fingerprint density at radius 1 is 1.30 bits per heavy atom. The molecule has 0 saturated carbocycles. The number of pyridine rings is 1. The van der Waals surface area contributed by atoms with Gasteiger partial charge in [-0.1, -0.05) is 18.5 Å². The fourth-order valence-corrected chi connectivity index (χ4v) is 3.23. The third-order valence-electron chi connectivity index (χ3n) is 4.83. The summed E-state index contributed by atoms with van der Waals surface area (Å²) < 4.78 is 19.4. The average Bonchev–Trinajstić information content (AvgIpc) is 3.05. The van der Waals surface area contributed by atoms with E-state index in [9.17, 15) is 9.18 Å². The van der Waals surface area contributed by atoms with Crippen LogP contribution >= 0.6 is 11.6 Å². The Morgan fingerprint density at radius 3 is 2.59 bits per heavy atom. The van der Waals surface area contributed by atoms with Crippen molar-refractivity contribution in [2.24, 2.45) is 5.73 Å². The van der Waals surface area contributed by atoms with E-state index in [4.69, 9.17) is 27.1 Å². The van der Waals surface area contributed by atoms with Crippen LogP contribution in [0.3, 0.4) is 0 Å². The Morgan fingerprint density at radius 2 is 2.00 bits per heavy atom. The zero-order chi connectivity index (χ0) is 19.6. The van der Waals surface area contributed by atoms with Gasteiger partial charge in [0.05, 0.1) is 21.8 Å². The van der Waals surface area contributed by atoms with E-state index in [1.54, 1.807) is 30.5 Å². The van der Waals surface area contributed by atoms with E-state index in [2.05, 4.69) is 0 Å². The Kier molecular flexibility index (Phi) is 5.37. The molecule has 1 amide bonds. The molecule has 3 rings (SSSR count). The number of benzene rings is 1. The van der Waals surface area contributed by atoms with Gasteiger partial charge in [-0.2, -0.15) is 0 Å². The Labute approximate surface area is 161 Å². The minimum atomic E-state index is -0.928. The average molecular weight is 390 g/mol. The SMILES string of the molecule is CCC(C)(C(N)=O)c1c(-c2ccc(OCCF)cc2)nc2ccc(Cl)cn12. The van der Waals surface area contributed by atoms with Gasteiger partial charge < -0.3 is 14.9 Å². The normalized spacial score (nSPS) is 13.5. The summed E-state index contributed by atoms with van der Waals surface area (Å²) in [5, 5.41) is 0.533. The van der Waals surface area contributed by atoms with Gasteiger partial charge in [-0.3, -0.25) is 4.79 Å². The highest BCUT2D eigenvalue weighted by Gasteiger charge is 2.37. The summed E-state index contributed by atoms with van der Waals surface area (Å²) in [5.74, 6) is 0.133. The highest BCUT2D eigenvalue weighted by molar-refractivity contribution is 6.30. The third-order valence-corrected chi connectivity index (χ3v) is 5.05. The molecule has 0 radical (unpaired) electrons. The van der Waals surface area contributed by atoms with Crippen LogP contribution in [0.1, 0.15) is 26.0 Å². The fraction of sp³-hybridized carbons (Fsp3) is 0.300. The molecule has 2 aromatic heterocycles. The number of fused-ring (bicyclic) bond motifs is 1. The highest BCUT2D eigenvalue weighted by Crippen LogP contribution is 2.37. The molecule has 2 heterocycles. The quantitative estimate of drug-likeness (QED) is 0.659. The van der Waals surface area contributed by atoms with Crippen LogP contribution in [0.25, 0.3) is 16.9 Å². The van der Waals surface area contributed by atoms with E-state index >= 15 is 0 Å².